The van der Waals surface area contributed by atoms with Crippen molar-refractivity contribution in [3.05, 3.63) is 0 Å². The lowest BCUT2D eigenvalue weighted by Gasteiger charge is -2.09. The molecular weight excluding hydrogens is 272 g/mol. The molecule has 0 amide bonds. The van der Waals surface area contributed by atoms with Gasteiger partial charge >= 0.3 is 12.3 Å². The van der Waals surface area contributed by atoms with E-state index in [4.69, 9.17) is 18.9 Å². The Morgan fingerprint density at radius 2 is 1.30 bits per heavy atom. The highest BCUT2D eigenvalue weighted by Gasteiger charge is 2.25. The molecule has 2 unspecified atom stereocenters. The summed E-state index contributed by atoms with van der Waals surface area (Å²) in [6.45, 7) is 2.34. The number of hydrogen-bond donors (Lipinski definition) is 0. The van der Waals surface area contributed by atoms with Crippen LogP contribution in [0, 0.1) is 0 Å². The summed E-state index contributed by atoms with van der Waals surface area (Å²) >= 11 is 0. The normalized spacial score (nSPS) is 25.0. The van der Waals surface area contributed by atoms with Gasteiger partial charge in [-0.05, 0) is 12.8 Å². The molecule has 20 heavy (non-hydrogen) atoms. The second-order valence-corrected chi connectivity index (χ2v) is 4.46. The Morgan fingerprint density at radius 1 is 0.850 bits per heavy atom. The van der Waals surface area contributed by atoms with Crippen LogP contribution in [-0.4, -0.2) is 64.2 Å². The van der Waals surface area contributed by atoms with E-state index in [-0.39, 0.29) is 25.4 Å². The molecule has 2 rings (SSSR count). The van der Waals surface area contributed by atoms with Gasteiger partial charge in [-0.25, -0.2) is 9.59 Å². The van der Waals surface area contributed by atoms with E-state index in [1.54, 1.807) is 0 Å². The van der Waals surface area contributed by atoms with Gasteiger partial charge in [0.15, 0.2) is 12.2 Å². The molecule has 0 saturated carbocycles. The van der Waals surface area contributed by atoms with Gasteiger partial charge in [0.1, 0.15) is 13.2 Å². The number of cyclic esters (lactones) is 4. The van der Waals surface area contributed by atoms with Gasteiger partial charge in [-0.1, -0.05) is 0 Å². The molecule has 2 saturated heterocycles. The minimum absolute atomic E-state index is 0.254. The van der Waals surface area contributed by atoms with Crippen LogP contribution in [0.5, 0.6) is 0 Å². The van der Waals surface area contributed by atoms with Crippen molar-refractivity contribution in [2.45, 2.75) is 25.0 Å². The molecule has 0 aromatic carbocycles. The van der Waals surface area contributed by atoms with Crippen molar-refractivity contribution in [2.24, 2.45) is 0 Å². The largest absolute Gasteiger partial charge is 0.508 e. The van der Waals surface area contributed by atoms with Crippen molar-refractivity contribution in [1.29, 1.82) is 0 Å². The van der Waals surface area contributed by atoms with Crippen LogP contribution in [-0.2, 0) is 28.4 Å². The van der Waals surface area contributed by atoms with Crippen LogP contribution < -0.4 is 0 Å². The molecule has 0 bridgehead atoms. The lowest BCUT2D eigenvalue weighted by Crippen LogP contribution is -2.19. The number of rotatable bonds is 9. The molecule has 0 spiro atoms. The fraction of sp³-hybridized carbons (Fsp3) is 0.833. The summed E-state index contributed by atoms with van der Waals surface area (Å²) < 4.78 is 29.6. The molecule has 8 heteroatoms. The van der Waals surface area contributed by atoms with Crippen LogP contribution in [0.25, 0.3) is 0 Å². The molecule has 8 nitrogen and oxygen atoms in total. The number of ether oxygens (including phenoxy) is 6. The van der Waals surface area contributed by atoms with Crippen molar-refractivity contribution in [3.8, 4) is 0 Å². The summed E-state index contributed by atoms with van der Waals surface area (Å²) in [5, 5.41) is 0. The maximum Gasteiger partial charge on any atom is 0.508 e. The van der Waals surface area contributed by atoms with Crippen molar-refractivity contribution >= 4 is 12.3 Å². The Kier molecular flexibility index (Phi) is 5.87. The van der Waals surface area contributed by atoms with E-state index in [2.05, 4.69) is 9.47 Å². The van der Waals surface area contributed by atoms with E-state index in [9.17, 15) is 9.59 Å². The number of carbonyl (C=O) groups excluding carboxylic acids is 2. The molecule has 2 aliphatic rings. The zero-order valence-electron chi connectivity index (χ0n) is 11.1. The van der Waals surface area contributed by atoms with Gasteiger partial charge in [0.05, 0.1) is 13.2 Å². The Morgan fingerprint density at radius 3 is 1.65 bits per heavy atom. The van der Waals surface area contributed by atoms with Crippen LogP contribution in [0.1, 0.15) is 12.8 Å². The van der Waals surface area contributed by atoms with Crippen LogP contribution in [0.3, 0.4) is 0 Å². The molecule has 0 aromatic heterocycles. The minimum Gasteiger partial charge on any atom is -0.430 e. The first-order chi connectivity index (χ1) is 9.74. The van der Waals surface area contributed by atoms with Crippen LogP contribution in [0.2, 0.25) is 0 Å². The summed E-state index contributed by atoms with van der Waals surface area (Å²) in [7, 11) is 0. The Balaban J connectivity index is 1.35. The number of unbranched alkanes of at least 4 members (excludes halogenated alkanes) is 1. The number of carbonyl (C=O) groups is 2. The molecule has 2 aliphatic heterocycles. The molecule has 0 aromatic rings. The van der Waals surface area contributed by atoms with Gasteiger partial charge in [-0.15, -0.1) is 0 Å². The first-order valence-electron chi connectivity index (χ1n) is 6.56. The lowest BCUT2D eigenvalue weighted by molar-refractivity contribution is 0.0305. The standard InChI is InChI=1S/C12H18O8/c13-11-17-7-9(19-11)5-15-3-1-2-4-16-6-10-8-18-12(14)20-10/h9-10H,1-8H2. The Labute approximate surface area is 116 Å². The zero-order chi connectivity index (χ0) is 14.2. The first kappa shape index (κ1) is 14.9. The van der Waals surface area contributed by atoms with Gasteiger partial charge in [-0.2, -0.15) is 0 Å². The molecule has 2 heterocycles. The van der Waals surface area contributed by atoms with Gasteiger partial charge < -0.3 is 28.4 Å². The second kappa shape index (κ2) is 7.91. The topological polar surface area (TPSA) is 89.5 Å². The van der Waals surface area contributed by atoms with Crippen LogP contribution in [0.4, 0.5) is 9.59 Å². The highest BCUT2D eigenvalue weighted by atomic mass is 16.8. The van der Waals surface area contributed by atoms with Crippen LogP contribution in [0.15, 0.2) is 0 Å². The fourth-order valence-electron chi connectivity index (χ4n) is 1.73. The molecule has 2 atom stereocenters. The minimum atomic E-state index is -0.636. The summed E-state index contributed by atoms with van der Waals surface area (Å²) in [6, 6.07) is 0. The van der Waals surface area contributed by atoms with E-state index in [1.807, 2.05) is 0 Å². The zero-order valence-corrected chi connectivity index (χ0v) is 11.1. The quantitative estimate of drug-likeness (QED) is 0.456. The highest BCUT2D eigenvalue weighted by Crippen LogP contribution is 2.07. The van der Waals surface area contributed by atoms with E-state index in [0.29, 0.717) is 26.4 Å². The third kappa shape index (κ3) is 5.22. The molecule has 0 radical (unpaired) electrons. The lowest BCUT2D eigenvalue weighted by atomic mass is 10.3. The van der Waals surface area contributed by atoms with Gasteiger partial charge in [0, 0.05) is 13.2 Å². The summed E-state index contributed by atoms with van der Waals surface area (Å²) in [5.41, 5.74) is 0. The smallest absolute Gasteiger partial charge is 0.430 e. The summed E-state index contributed by atoms with van der Waals surface area (Å²) in [4.78, 5) is 21.3. The Hall–Kier alpha value is -1.54. The average molecular weight is 290 g/mol. The van der Waals surface area contributed by atoms with Gasteiger partial charge in [-0.3, -0.25) is 0 Å². The monoisotopic (exact) mass is 290 g/mol. The van der Waals surface area contributed by atoms with Crippen molar-refractivity contribution in [2.75, 3.05) is 39.6 Å². The molecule has 0 aliphatic carbocycles. The van der Waals surface area contributed by atoms with Crippen molar-refractivity contribution in [1.82, 2.24) is 0 Å². The van der Waals surface area contributed by atoms with Crippen molar-refractivity contribution < 1.29 is 38.0 Å². The molecule has 2 fully saturated rings. The average Bonchev–Trinajstić information content (AvgIpc) is 3.02. The fourth-order valence-corrected chi connectivity index (χ4v) is 1.73. The maximum absolute atomic E-state index is 10.6. The predicted octanol–water partition coefficient (Wildman–Crippen LogP) is 0.871. The summed E-state index contributed by atoms with van der Waals surface area (Å²) in [5.74, 6) is 0. The van der Waals surface area contributed by atoms with Gasteiger partial charge in [0.2, 0.25) is 0 Å². The maximum atomic E-state index is 10.6. The van der Waals surface area contributed by atoms with E-state index in [0.717, 1.165) is 12.8 Å². The second-order valence-electron chi connectivity index (χ2n) is 4.46. The van der Waals surface area contributed by atoms with Crippen molar-refractivity contribution in [3.63, 3.8) is 0 Å². The molecule has 0 N–H and O–H groups in total. The first-order valence-corrected chi connectivity index (χ1v) is 6.56. The third-order valence-electron chi connectivity index (χ3n) is 2.73. The van der Waals surface area contributed by atoms with E-state index >= 15 is 0 Å². The van der Waals surface area contributed by atoms with E-state index < -0.39 is 12.3 Å². The summed E-state index contributed by atoms with van der Waals surface area (Å²) in [6.07, 6.45) is -0.191. The van der Waals surface area contributed by atoms with E-state index in [1.165, 1.54) is 0 Å². The van der Waals surface area contributed by atoms with Crippen LogP contribution >= 0.6 is 0 Å². The molecule has 114 valence electrons. The predicted molar refractivity (Wildman–Crippen MR) is 63.3 cm³/mol. The molecular formula is C12H18O8. The number of hydrogen-bond acceptors (Lipinski definition) is 8. The highest BCUT2D eigenvalue weighted by molar-refractivity contribution is 5.62. The SMILES string of the molecule is O=C1OCC(COCCCCOCC2COC(=O)O2)O1. The third-order valence-corrected chi connectivity index (χ3v) is 2.73. The van der Waals surface area contributed by atoms with Gasteiger partial charge in [0.25, 0.3) is 0 Å². The Bertz CT molecular complexity index is 299.